The van der Waals surface area contributed by atoms with Gasteiger partial charge in [-0.05, 0) is 18.2 Å². The van der Waals surface area contributed by atoms with Crippen LogP contribution in [0.2, 0.25) is 0 Å². The Kier molecular flexibility index (Phi) is 4.06. The van der Waals surface area contributed by atoms with E-state index < -0.39 is 37.0 Å². The second-order valence-electron chi connectivity index (χ2n) is 5.06. The van der Waals surface area contributed by atoms with Crippen LogP contribution in [0.15, 0.2) is 51.8 Å². The first-order chi connectivity index (χ1) is 11.5. The van der Waals surface area contributed by atoms with Crippen LogP contribution in [0.3, 0.4) is 0 Å². The molecule has 1 heterocycles. The van der Waals surface area contributed by atoms with E-state index in [4.69, 9.17) is 4.42 Å². The third kappa shape index (κ3) is 3.23. The Balaban J connectivity index is 1.96. The van der Waals surface area contributed by atoms with Crippen molar-refractivity contribution in [2.75, 3.05) is 6.61 Å². The summed E-state index contributed by atoms with van der Waals surface area (Å²) in [6.45, 7) is -2.11. The number of benzene rings is 2. The van der Waals surface area contributed by atoms with Crippen molar-refractivity contribution in [3.05, 3.63) is 42.5 Å². The average Bonchev–Trinajstić information content (AvgIpc) is 2.90. The van der Waals surface area contributed by atoms with E-state index in [1.54, 1.807) is 24.3 Å². The maximum absolute atomic E-state index is 13.1. The Hall–Kier alpha value is -2.08. The van der Waals surface area contributed by atoms with Gasteiger partial charge in [-0.3, -0.25) is 4.18 Å². The number of rotatable bonds is 5. The Labute approximate surface area is 140 Å². The highest BCUT2D eigenvalue weighted by atomic mass is 32.2. The maximum Gasteiger partial charge on any atom is 0.358 e. The fourth-order valence-corrected chi connectivity index (χ4v) is 3.35. The van der Waals surface area contributed by atoms with Crippen LogP contribution >= 0.6 is 0 Å². The van der Waals surface area contributed by atoms with Crippen molar-refractivity contribution in [1.29, 1.82) is 0 Å². The first kappa shape index (κ1) is 17.7. The Morgan fingerprint density at radius 3 is 2.32 bits per heavy atom. The minimum atomic E-state index is -6.05. The van der Waals surface area contributed by atoms with Gasteiger partial charge in [0.2, 0.25) is 0 Å². The lowest BCUT2D eigenvalue weighted by Crippen LogP contribution is -2.34. The average molecular weight is 391 g/mol. The van der Waals surface area contributed by atoms with Gasteiger partial charge in [0.1, 0.15) is 17.8 Å². The van der Waals surface area contributed by atoms with Crippen molar-refractivity contribution in [2.24, 2.45) is 0 Å². The molecule has 0 aliphatic carbocycles. The first-order valence-corrected chi connectivity index (χ1v) is 9.47. The second-order valence-corrected chi connectivity index (χ2v) is 8.18. The molecule has 0 amide bonds. The zero-order valence-corrected chi connectivity index (χ0v) is 13.8. The van der Waals surface area contributed by atoms with E-state index in [9.17, 15) is 30.2 Å². The third-order valence-electron chi connectivity index (χ3n) is 3.39. The Bertz CT molecular complexity index is 1160. The summed E-state index contributed by atoms with van der Waals surface area (Å²) < 4.78 is 90.7. The van der Waals surface area contributed by atoms with Crippen LogP contribution in [0.5, 0.6) is 0 Å². The summed E-state index contributed by atoms with van der Waals surface area (Å²) in [5.74, 6) is 0. The van der Waals surface area contributed by atoms with Crippen LogP contribution in [0, 0.1) is 0 Å². The normalized spacial score (nSPS) is 13.6. The lowest BCUT2D eigenvalue weighted by atomic mass is 10.2. The van der Waals surface area contributed by atoms with Crippen LogP contribution in [0.1, 0.15) is 0 Å². The number of hydrogen-bond acceptors (Lipinski definition) is 7. The molecular weight excluding hydrogens is 382 g/mol. The van der Waals surface area contributed by atoms with Crippen LogP contribution in [-0.4, -0.2) is 33.2 Å². The molecule has 0 N–H and O–H groups in total. The van der Waals surface area contributed by atoms with Gasteiger partial charge in [0.05, 0.1) is 4.90 Å². The quantitative estimate of drug-likeness (QED) is 0.485. The van der Waals surface area contributed by atoms with Crippen molar-refractivity contribution in [1.82, 2.24) is 0 Å². The fourth-order valence-electron chi connectivity index (χ4n) is 2.15. The van der Waals surface area contributed by atoms with E-state index in [1.165, 1.54) is 6.07 Å². The molecule has 0 fully saturated rings. The standard InChI is InChI=1S/C14H10F2O7S2/c15-14(16,25(19,20)21)8-22-24(17,18)9-5-6-11-10-3-1-2-4-12(10)23-13(11)7-9/h1-7H,8H2,(H,19,20,21)/p-1. The number of alkyl halides is 2. The van der Waals surface area contributed by atoms with Crippen molar-refractivity contribution in [3.63, 3.8) is 0 Å². The van der Waals surface area contributed by atoms with E-state index in [1.807, 2.05) is 0 Å². The lowest BCUT2D eigenvalue weighted by Gasteiger charge is -2.19. The third-order valence-corrected chi connectivity index (χ3v) is 5.50. The molecule has 0 spiro atoms. The monoisotopic (exact) mass is 391 g/mol. The fraction of sp³-hybridized carbons (Fsp3) is 0.143. The molecule has 0 aliphatic heterocycles. The molecule has 0 saturated heterocycles. The molecule has 7 nitrogen and oxygen atoms in total. The van der Waals surface area contributed by atoms with Crippen LogP contribution in [0.4, 0.5) is 8.78 Å². The van der Waals surface area contributed by atoms with Gasteiger partial charge in [-0.2, -0.15) is 17.2 Å². The first-order valence-electron chi connectivity index (χ1n) is 6.65. The second kappa shape index (κ2) is 5.73. The Morgan fingerprint density at radius 1 is 1.00 bits per heavy atom. The molecule has 0 unspecified atom stereocenters. The summed E-state index contributed by atoms with van der Waals surface area (Å²) in [7, 11) is -10.8. The predicted octanol–water partition coefficient (Wildman–Crippen LogP) is 2.43. The summed E-state index contributed by atoms with van der Waals surface area (Å²) >= 11 is 0. The van der Waals surface area contributed by atoms with Gasteiger partial charge in [-0.25, -0.2) is 8.42 Å². The predicted molar refractivity (Wildman–Crippen MR) is 81.5 cm³/mol. The molecule has 25 heavy (non-hydrogen) atoms. The summed E-state index contributed by atoms with van der Waals surface area (Å²) in [5.41, 5.74) is 0.672. The smallest absolute Gasteiger partial charge is 0.358 e. The maximum atomic E-state index is 13.1. The molecule has 0 saturated carbocycles. The van der Waals surface area contributed by atoms with Crippen molar-refractivity contribution in [3.8, 4) is 0 Å². The summed E-state index contributed by atoms with van der Waals surface area (Å²) in [6.07, 6.45) is 0. The van der Waals surface area contributed by atoms with E-state index >= 15 is 0 Å². The molecule has 2 aromatic carbocycles. The highest BCUT2D eigenvalue weighted by molar-refractivity contribution is 7.87. The van der Waals surface area contributed by atoms with Gasteiger partial charge in [0, 0.05) is 16.8 Å². The minimum Gasteiger partial charge on any atom is -0.743 e. The number of furan rings is 1. The zero-order valence-electron chi connectivity index (χ0n) is 12.2. The van der Waals surface area contributed by atoms with E-state index in [2.05, 4.69) is 4.18 Å². The summed E-state index contributed by atoms with van der Waals surface area (Å²) in [6, 6.07) is 10.5. The number of fused-ring (bicyclic) bond motifs is 3. The summed E-state index contributed by atoms with van der Waals surface area (Å²) in [4.78, 5) is -0.516. The molecule has 0 atom stereocenters. The largest absolute Gasteiger partial charge is 0.743 e. The van der Waals surface area contributed by atoms with Gasteiger partial charge in [0.25, 0.3) is 10.1 Å². The van der Waals surface area contributed by atoms with Crippen molar-refractivity contribution in [2.45, 2.75) is 10.2 Å². The van der Waals surface area contributed by atoms with Gasteiger partial charge in [0.15, 0.2) is 10.1 Å². The highest BCUT2D eigenvalue weighted by Gasteiger charge is 2.40. The van der Waals surface area contributed by atoms with E-state index in [0.29, 0.717) is 11.0 Å². The zero-order chi connectivity index (χ0) is 18.5. The minimum absolute atomic E-state index is 0.175. The van der Waals surface area contributed by atoms with E-state index in [-0.39, 0.29) is 5.58 Å². The summed E-state index contributed by atoms with van der Waals surface area (Å²) in [5, 5.41) is -3.54. The topological polar surface area (TPSA) is 114 Å². The molecular formula is C14H9F2O7S2-. The van der Waals surface area contributed by atoms with Gasteiger partial charge >= 0.3 is 5.25 Å². The van der Waals surface area contributed by atoms with E-state index in [0.717, 1.165) is 17.5 Å². The molecule has 3 rings (SSSR count). The number of halogens is 2. The molecule has 0 bridgehead atoms. The molecule has 11 heteroatoms. The van der Waals surface area contributed by atoms with Gasteiger partial charge < -0.3 is 8.97 Å². The molecule has 134 valence electrons. The lowest BCUT2D eigenvalue weighted by molar-refractivity contribution is 0.0303. The Morgan fingerprint density at radius 2 is 1.64 bits per heavy atom. The number of hydrogen-bond donors (Lipinski definition) is 0. The van der Waals surface area contributed by atoms with Crippen LogP contribution < -0.4 is 0 Å². The van der Waals surface area contributed by atoms with Gasteiger partial charge in [-0.1, -0.05) is 18.2 Å². The molecule has 0 radical (unpaired) electrons. The van der Waals surface area contributed by atoms with Crippen molar-refractivity contribution >= 4 is 42.2 Å². The molecule has 1 aromatic heterocycles. The number of para-hydroxylation sites is 1. The molecule has 0 aliphatic rings. The highest BCUT2D eigenvalue weighted by Crippen LogP contribution is 2.31. The van der Waals surface area contributed by atoms with Crippen molar-refractivity contribution < 1.29 is 38.8 Å². The SMILES string of the molecule is O=S(=O)(OCC(F)(F)S(=O)(=O)[O-])c1ccc2c(c1)oc1ccccc12. The van der Waals surface area contributed by atoms with Crippen LogP contribution in [-0.2, 0) is 24.4 Å². The van der Waals surface area contributed by atoms with Gasteiger partial charge in [-0.15, -0.1) is 0 Å². The molecule has 3 aromatic rings. The van der Waals surface area contributed by atoms with Crippen LogP contribution in [0.25, 0.3) is 21.9 Å².